The Morgan fingerprint density at radius 1 is 0.914 bits per heavy atom. The smallest absolute Gasteiger partial charge is 0.326 e. The standard InChI is InChI=1S/C25H27N3O6S/c1-14-6-8-15(9-7-14)10-21(35)24(32)27-19(12-22(29)30)23(31)28-20(25(33)34)11-16-13-26-18-5-3-2-4-17(16)18/h2-9,13,19-21,26,35H,10-12H2,1H3,(H,27,32)(H,28,31)(H,29,30)(H,33,34)/t19-,20-,21-/m0/s1. The second kappa shape index (κ2) is 11.6. The lowest BCUT2D eigenvalue weighted by atomic mass is 10.0. The van der Waals surface area contributed by atoms with Gasteiger partial charge in [-0.3, -0.25) is 14.4 Å². The van der Waals surface area contributed by atoms with Crippen molar-refractivity contribution >= 4 is 47.3 Å². The zero-order chi connectivity index (χ0) is 25.5. The highest BCUT2D eigenvalue weighted by Crippen LogP contribution is 2.19. The van der Waals surface area contributed by atoms with E-state index in [-0.39, 0.29) is 12.8 Å². The molecule has 0 radical (unpaired) electrons. The number of carboxylic acids is 2. The molecule has 35 heavy (non-hydrogen) atoms. The number of hydrogen-bond donors (Lipinski definition) is 6. The van der Waals surface area contributed by atoms with Crippen LogP contribution in [0.2, 0.25) is 0 Å². The first-order valence-corrected chi connectivity index (χ1v) is 11.5. The number of hydrogen-bond acceptors (Lipinski definition) is 5. The van der Waals surface area contributed by atoms with E-state index in [2.05, 4.69) is 28.2 Å². The largest absolute Gasteiger partial charge is 0.481 e. The molecule has 1 aromatic heterocycles. The van der Waals surface area contributed by atoms with Crippen LogP contribution in [-0.2, 0) is 32.0 Å². The summed E-state index contributed by atoms with van der Waals surface area (Å²) in [6.45, 7) is 1.94. The SMILES string of the molecule is Cc1ccc(C[C@H](S)C(=O)N[C@@H](CC(=O)O)C(=O)N[C@@H](Cc2c[nH]c3ccccc23)C(=O)O)cc1. The average molecular weight is 498 g/mol. The second-order valence-electron chi connectivity index (χ2n) is 8.33. The van der Waals surface area contributed by atoms with E-state index in [4.69, 9.17) is 0 Å². The number of thiol groups is 1. The first kappa shape index (κ1) is 25.8. The van der Waals surface area contributed by atoms with Crippen LogP contribution in [0.4, 0.5) is 0 Å². The number of carbonyl (C=O) groups excluding carboxylic acids is 2. The Kier molecular flexibility index (Phi) is 8.53. The number of aromatic nitrogens is 1. The number of benzene rings is 2. The van der Waals surface area contributed by atoms with Crippen molar-refractivity contribution in [2.45, 2.75) is 43.5 Å². The van der Waals surface area contributed by atoms with Crippen LogP contribution in [0.15, 0.2) is 54.7 Å². The van der Waals surface area contributed by atoms with Crippen molar-refractivity contribution in [3.63, 3.8) is 0 Å². The number of carbonyl (C=O) groups is 4. The summed E-state index contributed by atoms with van der Waals surface area (Å²) in [6.07, 6.45) is 1.21. The minimum Gasteiger partial charge on any atom is -0.481 e. The highest BCUT2D eigenvalue weighted by atomic mass is 32.1. The van der Waals surface area contributed by atoms with Gasteiger partial charge in [0.2, 0.25) is 11.8 Å². The first-order chi connectivity index (χ1) is 16.6. The van der Waals surface area contributed by atoms with Gasteiger partial charge in [-0.15, -0.1) is 0 Å². The summed E-state index contributed by atoms with van der Waals surface area (Å²) in [5, 5.41) is 23.7. The fraction of sp³-hybridized carbons (Fsp3) is 0.280. The third-order valence-corrected chi connectivity index (χ3v) is 5.99. The van der Waals surface area contributed by atoms with Crippen molar-refractivity contribution in [3.05, 3.63) is 71.4 Å². The molecular formula is C25H27N3O6S. The molecule has 3 atom stereocenters. The molecule has 0 unspecified atom stereocenters. The predicted molar refractivity (Wildman–Crippen MR) is 133 cm³/mol. The van der Waals surface area contributed by atoms with Gasteiger partial charge in [-0.25, -0.2) is 4.79 Å². The van der Waals surface area contributed by atoms with Gasteiger partial charge < -0.3 is 25.8 Å². The van der Waals surface area contributed by atoms with Crippen LogP contribution in [0.25, 0.3) is 10.9 Å². The summed E-state index contributed by atoms with van der Waals surface area (Å²) in [5.74, 6) is -4.12. The molecule has 3 aromatic rings. The Hall–Kier alpha value is -3.79. The number of carboxylic acid groups (broad SMARTS) is 2. The zero-order valence-electron chi connectivity index (χ0n) is 19.0. The highest BCUT2D eigenvalue weighted by molar-refractivity contribution is 7.81. The fourth-order valence-electron chi connectivity index (χ4n) is 3.68. The fourth-order valence-corrected chi connectivity index (χ4v) is 3.97. The normalized spacial score (nSPS) is 13.5. The molecule has 0 saturated carbocycles. The third-order valence-electron chi connectivity index (χ3n) is 5.58. The lowest BCUT2D eigenvalue weighted by Crippen LogP contribution is -2.54. The summed E-state index contributed by atoms with van der Waals surface area (Å²) in [5.41, 5.74) is 3.42. The molecule has 0 aliphatic heterocycles. The van der Waals surface area contributed by atoms with E-state index in [9.17, 15) is 29.4 Å². The number of H-pyrrole nitrogens is 1. The van der Waals surface area contributed by atoms with Crippen molar-refractivity contribution in [3.8, 4) is 0 Å². The second-order valence-corrected chi connectivity index (χ2v) is 8.95. The van der Waals surface area contributed by atoms with E-state index < -0.39 is 47.5 Å². The molecule has 0 saturated heterocycles. The van der Waals surface area contributed by atoms with Crippen molar-refractivity contribution in [2.75, 3.05) is 0 Å². The minimum absolute atomic E-state index is 0.0263. The molecule has 0 aliphatic carbocycles. The van der Waals surface area contributed by atoms with E-state index in [0.717, 1.165) is 22.0 Å². The van der Waals surface area contributed by atoms with Gasteiger partial charge in [0.15, 0.2) is 0 Å². The van der Waals surface area contributed by atoms with Crippen LogP contribution >= 0.6 is 12.6 Å². The Morgan fingerprint density at radius 3 is 2.23 bits per heavy atom. The van der Waals surface area contributed by atoms with E-state index in [0.29, 0.717) is 5.56 Å². The molecule has 3 rings (SSSR count). The number of aliphatic carboxylic acids is 2. The van der Waals surface area contributed by atoms with E-state index in [1.807, 2.05) is 55.5 Å². The number of aryl methyl sites for hydroxylation is 1. The van der Waals surface area contributed by atoms with Gasteiger partial charge in [-0.2, -0.15) is 12.6 Å². The number of fused-ring (bicyclic) bond motifs is 1. The van der Waals surface area contributed by atoms with Crippen molar-refractivity contribution < 1.29 is 29.4 Å². The minimum atomic E-state index is -1.46. The van der Waals surface area contributed by atoms with E-state index in [1.54, 1.807) is 6.20 Å². The summed E-state index contributed by atoms with van der Waals surface area (Å²) >= 11 is 4.30. The Balaban J connectivity index is 1.68. The summed E-state index contributed by atoms with van der Waals surface area (Å²) in [7, 11) is 0. The molecule has 2 amide bonds. The van der Waals surface area contributed by atoms with Crippen LogP contribution in [0.5, 0.6) is 0 Å². The number of aromatic amines is 1. The highest BCUT2D eigenvalue weighted by Gasteiger charge is 2.30. The number of nitrogens with one attached hydrogen (secondary N) is 3. The molecule has 0 aliphatic rings. The molecule has 0 bridgehead atoms. The van der Waals surface area contributed by atoms with E-state index in [1.165, 1.54) is 0 Å². The maximum absolute atomic E-state index is 12.9. The maximum atomic E-state index is 12.9. The Morgan fingerprint density at radius 2 is 1.57 bits per heavy atom. The maximum Gasteiger partial charge on any atom is 0.326 e. The van der Waals surface area contributed by atoms with Crippen LogP contribution < -0.4 is 10.6 Å². The van der Waals surface area contributed by atoms with Crippen molar-refractivity contribution in [1.29, 1.82) is 0 Å². The Bertz CT molecular complexity index is 1220. The molecule has 0 fully saturated rings. The van der Waals surface area contributed by atoms with Gasteiger partial charge >= 0.3 is 11.9 Å². The van der Waals surface area contributed by atoms with Gasteiger partial charge in [-0.05, 0) is 30.5 Å². The van der Waals surface area contributed by atoms with Gasteiger partial charge in [0.25, 0.3) is 0 Å². The number of amides is 2. The lowest BCUT2D eigenvalue weighted by molar-refractivity contribution is -0.143. The van der Waals surface area contributed by atoms with Gasteiger partial charge in [0.1, 0.15) is 12.1 Å². The summed E-state index contributed by atoms with van der Waals surface area (Å²) in [4.78, 5) is 51.8. The molecule has 10 heteroatoms. The van der Waals surface area contributed by atoms with Crippen LogP contribution in [0.3, 0.4) is 0 Å². The lowest BCUT2D eigenvalue weighted by Gasteiger charge is -2.22. The van der Waals surface area contributed by atoms with Gasteiger partial charge in [0, 0.05) is 23.5 Å². The van der Waals surface area contributed by atoms with Gasteiger partial charge in [0.05, 0.1) is 11.7 Å². The summed E-state index contributed by atoms with van der Waals surface area (Å²) < 4.78 is 0. The monoisotopic (exact) mass is 497 g/mol. The quantitative estimate of drug-likeness (QED) is 0.224. The molecule has 1 heterocycles. The number of rotatable bonds is 11. The number of para-hydroxylation sites is 1. The van der Waals surface area contributed by atoms with Gasteiger partial charge in [-0.1, -0.05) is 48.0 Å². The summed E-state index contributed by atoms with van der Waals surface area (Å²) in [6, 6.07) is 12.1. The van der Waals surface area contributed by atoms with Crippen LogP contribution in [0.1, 0.15) is 23.1 Å². The predicted octanol–water partition coefficient (Wildman–Crippen LogP) is 2.09. The Labute approximate surface area is 207 Å². The first-order valence-electron chi connectivity index (χ1n) is 11.0. The average Bonchev–Trinajstić information content (AvgIpc) is 3.22. The van der Waals surface area contributed by atoms with E-state index >= 15 is 0 Å². The zero-order valence-corrected chi connectivity index (χ0v) is 19.9. The van der Waals surface area contributed by atoms with Crippen molar-refractivity contribution in [2.24, 2.45) is 0 Å². The molecule has 2 aromatic carbocycles. The molecular weight excluding hydrogens is 470 g/mol. The molecule has 9 nitrogen and oxygen atoms in total. The molecule has 5 N–H and O–H groups in total. The van der Waals surface area contributed by atoms with Crippen molar-refractivity contribution in [1.82, 2.24) is 15.6 Å². The molecule has 0 spiro atoms. The topological polar surface area (TPSA) is 149 Å². The molecule has 184 valence electrons. The van der Waals surface area contributed by atoms with Crippen LogP contribution in [-0.4, -0.2) is 56.3 Å². The third kappa shape index (κ3) is 7.10. The van der Waals surface area contributed by atoms with Crippen LogP contribution in [0, 0.1) is 6.92 Å².